The average molecular weight is 314 g/mol. The number of carbonyl (C=O) groups is 1. The molecule has 0 aliphatic heterocycles. The monoisotopic (exact) mass is 314 g/mol. The molecule has 0 radical (unpaired) electrons. The lowest BCUT2D eigenvalue weighted by Gasteiger charge is -2.26. The molecule has 2 rings (SSSR count). The minimum atomic E-state index is -0.399. The molecule has 2 aromatic rings. The average Bonchev–Trinajstić information content (AvgIpc) is 2.45. The van der Waals surface area contributed by atoms with E-state index in [1.54, 1.807) is 19.3 Å². The Bertz CT molecular complexity index is 730. The van der Waals surface area contributed by atoms with E-state index in [2.05, 4.69) is 31.1 Å². The molecule has 0 spiro atoms. The van der Waals surface area contributed by atoms with E-state index < -0.39 is 5.91 Å². The molecule has 1 N–H and O–H groups in total. The number of rotatable bonds is 4. The number of nitrogens with zero attached hydrogens (tertiary/aromatic N) is 1. The molecule has 5 heteroatoms. The van der Waals surface area contributed by atoms with Gasteiger partial charge in [0.2, 0.25) is 0 Å². The number of amides is 1. The van der Waals surface area contributed by atoms with E-state index >= 15 is 0 Å². The Balaban J connectivity index is 2.26. The van der Waals surface area contributed by atoms with Gasteiger partial charge in [0.1, 0.15) is 5.76 Å². The standard InChI is InChI=1S/C18H22N2O3/c1-12-8-14(21)9-16(23-12)17(22)20-15(10-18(2,3)4)13-6-5-7-19-11-13/h5-9,11,15H,10H2,1-4H3,(H,20,22)/t15-/m0/s1. The number of aryl methyl sites for hydroxylation is 1. The number of hydrogen-bond donors (Lipinski definition) is 1. The van der Waals surface area contributed by atoms with E-state index in [1.807, 2.05) is 12.1 Å². The van der Waals surface area contributed by atoms with E-state index in [0.717, 1.165) is 12.0 Å². The summed E-state index contributed by atoms with van der Waals surface area (Å²) < 4.78 is 5.36. The van der Waals surface area contributed by atoms with Crippen molar-refractivity contribution in [2.45, 2.75) is 40.2 Å². The van der Waals surface area contributed by atoms with Crippen LogP contribution >= 0.6 is 0 Å². The topological polar surface area (TPSA) is 72.2 Å². The van der Waals surface area contributed by atoms with Crippen LogP contribution in [0, 0.1) is 12.3 Å². The van der Waals surface area contributed by atoms with E-state index in [0.29, 0.717) is 5.76 Å². The van der Waals surface area contributed by atoms with Crippen molar-refractivity contribution in [3.05, 3.63) is 64.0 Å². The highest BCUT2D eigenvalue weighted by Gasteiger charge is 2.23. The minimum Gasteiger partial charge on any atom is -0.456 e. The number of aromatic nitrogens is 1. The fourth-order valence-electron chi connectivity index (χ4n) is 2.39. The van der Waals surface area contributed by atoms with Crippen LogP contribution in [0.4, 0.5) is 0 Å². The van der Waals surface area contributed by atoms with E-state index in [1.165, 1.54) is 12.1 Å². The summed E-state index contributed by atoms with van der Waals surface area (Å²) in [5.41, 5.74) is 0.694. The molecule has 2 heterocycles. The molecule has 0 saturated heterocycles. The zero-order valence-electron chi connectivity index (χ0n) is 13.9. The molecule has 0 bridgehead atoms. The van der Waals surface area contributed by atoms with Gasteiger partial charge in [-0.1, -0.05) is 26.8 Å². The predicted molar refractivity (Wildman–Crippen MR) is 88.2 cm³/mol. The molecule has 23 heavy (non-hydrogen) atoms. The van der Waals surface area contributed by atoms with Gasteiger partial charge in [0.15, 0.2) is 11.2 Å². The van der Waals surface area contributed by atoms with Crippen molar-refractivity contribution >= 4 is 5.91 Å². The summed E-state index contributed by atoms with van der Waals surface area (Å²) in [6, 6.07) is 6.12. The summed E-state index contributed by atoms with van der Waals surface area (Å²) in [6.07, 6.45) is 4.17. The molecular formula is C18H22N2O3. The van der Waals surface area contributed by atoms with E-state index in [4.69, 9.17) is 4.42 Å². The molecular weight excluding hydrogens is 292 g/mol. The summed E-state index contributed by atoms with van der Waals surface area (Å²) in [5, 5.41) is 2.95. The van der Waals surface area contributed by atoms with Gasteiger partial charge in [0.25, 0.3) is 5.91 Å². The molecule has 1 amide bonds. The van der Waals surface area contributed by atoms with Crippen molar-refractivity contribution < 1.29 is 9.21 Å². The van der Waals surface area contributed by atoms with Gasteiger partial charge in [0, 0.05) is 24.5 Å². The van der Waals surface area contributed by atoms with Crippen LogP contribution in [-0.2, 0) is 0 Å². The second kappa shape index (κ2) is 6.77. The Morgan fingerprint density at radius 3 is 2.65 bits per heavy atom. The number of carbonyl (C=O) groups excluding carboxylic acids is 1. The quantitative estimate of drug-likeness (QED) is 0.940. The maximum atomic E-state index is 12.5. The van der Waals surface area contributed by atoms with Crippen LogP contribution in [-0.4, -0.2) is 10.9 Å². The third kappa shape index (κ3) is 5.06. The van der Waals surface area contributed by atoms with Gasteiger partial charge in [0.05, 0.1) is 6.04 Å². The summed E-state index contributed by atoms with van der Waals surface area (Å²) in [6.45, 7) is 7.96. The van der Waals surface area contributed by atoms with Crippen molar-refractivity contribution in [2.24, 2.45) is 5.41 Å². The highest BCUT2D eigenvalue weighted by atomic mass is 16.3. The van der Waals surface area contributed by atoms with Crippen molar-refractivity contribution in [3.8, 4) is 0 Å². The number of hydrogen-bond acceptors (Lipinski definition) is 4. The maximum Gasteiger partial charge on any atom is 0.287 e. The summed E-state index contributed by atoms with van der Waals surface area (Å²) in [7, 11) is 0. The molecule has 5 nitrogen and oxygen atoms in total. The van der Waals surface area contributed by atoms with Gasteiger partial charge < -0.3 is 9.73 Å². The normalized spacial score (nSPS) is 12.7. The highest BCUT2D eigenvalue weighted by molar-refractivity contribution is 5.91. The van der Waals surface area contributed by atoms with Gasteiger partial charge in [-0.05, 0) is 30.4 Å². The molecule has 0 aliphatic rings. The van der Waals surface area contributed by atoms with Crippen molar-refractivity contribution in [3.63, 3.8) is 0 Å². The van der Waals surface area contributed by atoms with Crippen LogP contribution < -0.4 is 10.7 Å². The van der Waals surface area contributed by atoms with Crippen LogP contribution in [0.25, 0.3) is 0 Å². The number of nitrogens with one attached hydrogen (secondary N) is 1. The van der Waals surface area contributed by atoms with Gasteiger partial charge >= 0.3 is 0 Å². The zero-order valence-corrected chi connectivity index (χ0v) is 13.9. The lowest BCUT2D eigenvalue weighted by molar-refractivity contribution is 0.0894. The lowest BCUT2D eigenvalue weighted by atomic mass is 9.86. The van der Waals surface area contributed by atoms with E-state index in [-0.39, 0.29) is 22.6 Å². The Labute approximate surface area is 135 Å². The molecule has 0 aromatic carbocycles. The Morgan fingerprint density at radius 1 is 1.35 bits per heavy atom. The lowest BCUT2D eigenvalue weighted by Crippen LogP contribution is -2.32. The van der Waals surface area contributed by atoms with Gasteiger partial charge in [-0.25, -0.2) is 0 Å². The van der Waals surface area contributed by atoms with Gasteiger partial charge in [-0.3, -0.25) is 14.6 Å². The van der Waals surface area contributed by atoms with E-state index in [9.17, 15) is 9.59 Å². The van der Waals surface area contributed by atoms with Crippen LogP contribution in [0.5, 0.6) is 0 Å². The summed E-state index contributed by atoms with van der Waals surface area (Å²) in [5.74, 6) is 0.0399. The molecule has 0 saturated carbocycles. The first-order valence-electron chi connectivity index (χ1n) is 7.57. The number of pyridine rings is 1. The minimum absolute atomic E-state index is 0.0151. The second-order valence-electron chi connectivity index (χ2n) is 6.85. The largest absolute Gasteiger partial charge is 0.456 e. The van der Waals surface area contributed by atoms with Crippen molar-refractivity contribution in [1.29, 1.82) is 0 Å². The zero-order chi connectivity index (χ0) is 17.0. The third-order valence-corrected chi connectivity index (χ3v) is 3.32. The molecule has 0 aliphatic carbocycles. The van der Waals surface area contributed by atoms with Crippen LogP contribution in [0.1, 0.15) is 55.1 Å². The smallest absolute Gasteiger partial charge is 0.287 e. The maximum absolute atomic E-state index is 12.5. The van der Waals surface area contributed by atoms with Gasteiger partial charge in [-0.2, -0.15) is 0 Å². The summed E-state index contributed by atoms with van der Waals surface area (Å²) >= 11 is 0. The first kappa shape index (κ1) is 16.9. The van der Waals surface area contributed by atoms with Crippen molar-refractivity contribution in [1.82, 2.24) is 10.3 Å². The molecule has 2 aromatic heterocycles. The van der Waals surface area contributed by atoms with Gasteiger partial charge in [-0.15, -0.1) is 0 Å². The SMILES string of the molecule is Cc1cc(=O)cc(C(=O)N[C@@H](CC(C)(C)C)c2cccnc2)o1. The second-order valence-corrected chi connectivity index (χ2v) is 6.85. The molecule has 1 atom stereocenters. The Kier molecular flexibility index (Phi) is 4.98. The first-order chi connectivity index (χ1) is 10.7. The molecule has 0 unspecified atom stereocenters. The highest BCUT2D eigenvalue weighted by Crippen LogP contribution is 2.29. The fraction of sp³-hybridized carbons (Fsp3) is 0.389. The van der Waals surface area contributed by atoms with Crippen LogP contribution in [0.3, 0.4) is 0 Å². The Morgan fingerprint density at radius 2 is 2.09 bits per heavy atom. The molecule has 122 valence electrons. The van der Waals surface area contributed by atoms with Crippen LogP contribution in [0.15, 0.2) is 45.9 Å². The summed E-state index contributed by atoms with van der Waals surface area (Å²) in [4.78, 5) is 28.1. The fourth-order valence-corrected chi connectivity index (χ4v) is 2.39. The third-order valence-electron chi connectivity index (χ3n) is 3.32. The Hall–Kier alpha value is -2.43. The predicted octanol–water partition coefficient (Wildman–Crippen LogP) is 3.25. The van der Waals surface area contributed by atoms with Crippen LogP contribution in [0.2, 0.25) is 0 Å². The first-order valence-corrected chi connectivity index (χ1v) is 7.57. The van der Waals surface area contributed by atoms with Crippen molar-refractivity contribution in [2.75, 3.05) is 0 Å². The molecule has 0 fully saturated rings.